The molecule has 0 bridgehead atoms. The molecule has 0 atom stereocenters. The smallest absolute Gasteiger partial charge is 0.137 e. The minimum atomic E-state index is 0.285. The van der Waals surface area contributed by atoms with E-state index in [0.717, 1.165) is 49.7 Å². The van der Waals surface area contributed by atoms with E-state index in [9.17, 15) is 0 Å². The van der Waals surface area contributed by atoms with Gasteiger partial charge in [0.15, 0.2) is 0 Å². The molecule has 1 saturated heterocycles. The summed E-state index contributed by atoms with van der Waals surface area (Å²) in [4.78, 5) is 11.4. The molecule has 112 valence electrons. The van der Waals surface area contributed by atoms with Gasteiger partial charge in [-0.05, 0) is 26.7 Å². The number of hydrogen-bond acceptors (Lipinski definition) is 4. The van der Waals surface area contributed by atoms with Crippen LogP contribution in [0.1, 0.15) is 50.9 Å². The van der Waals surface area contributed by atoms with E-state index in [1.807, 2.05) is 6.92 Å². The van der Waals surface area contributed by atoms with Crippen LogP contribution in [0, 0.1) is 6.92 Å². The fourth-order valence-corrected chi connectivity index (χ4v) is 2.70. The van der Waals surface area contributed by atoms with E-state index in [1.54, 1.807) is 0 Å². The maximum absolute atomic E-state index is 6.26. The lowest BCUT2D eigenvalue weighted by Gasteiger charge is -2.33. The number of ether oxygens (including phenoxy) is 1. The molecule has 0 aliphatic carbocycles. The summed E-state index contributed by atoms with van der Waals surface area (Å²) in [7, 11) is 0. The lowest BCUT2D eigenvalue weighted by molar-refractivity contribution is 0.0458. The highest BCUT2D eigenvalue weighted by Gasteiger charge is 2.23. The molecule has 1 aliphatic heterocycles. The van der Waals surface area contributed by atoms with Crippen molar-refractivity contribution in [2.45, 2.75) is 52.6 Å². The van der Waals surface area contributed by atoms with Crippen LogP contribution in [0.2, 0.25) is 5.15 Å². The van der Waals surface area contributed by atoms with Gasteiger partial charge in [0.2, 0.25) is 0 Å². The Kier molecular flexibility index (Phi) is 5.22. The molecule has 0 saturated carbocycles. The van der Waals surface area contributed by atoms with Crippen LogP contribution in [0.15, 0.2) is 0 Å². The molecule has 1 aromatic heterocycles. The molecule has 1 aromatic rings. The number of hydrogen-bond donors (Lipinski definition) is 0. The zero-order chi connectivity index (χ0) is 14.7. The van der Waals surface area contributed by atoms with Crippen molar-refractivity contribution in [3.63, 3.8) is 0 Å². The number of halogens is 1. The number of piperidine rings is 1. The van der Waals surface area contributed by atoms with Gasteiger partial charge in [0.25, 0.3) is 0 Å². The molecule has 20 heavy (non-hydrogen) atoms. The third-order valence-electron chi connectivity index (χ3n) is 3.74. The van der Waals surface area contributed by atoms with Crippen molar-refractivity contribution < 1.29 is 4.74 Å². The van der Waals surface area contributed by atoms with Gasteiger partial charge in [-0.1, -0.05) is 25.4 Å². The van der Waals surface area contributed by atoms with E-state index in [0.29, 0.717) is 11.3 Å². The second-order valence-electron chi connectivity index (χ2n) is 5.62. The largest absolute Gasteiger partial charge is 0.378 e. The topological polar surface area (TPSA) is 38.2 Å². The van der Waals surface area contributed by atoms with Crippen molar-refractivity contribution in [1.29, 1.82) is 0 Å². The second kappa shape index (κ2) is 6.72. The van der Waals surface area contributed by atoms with Gasteiger partial charge in [-0.3, -0.25) is 0 Å². The Bertz CT molecular complexity index is 457. The predicted octanol–water partition coefficient (Wildman–Crippen LogP) is 3.57. The standard InChI is InChI=1S/C15H24ClN3O/c1-5-20-12-6-8-19(9-7-12)15-11(4)13(16)17-14(18-15)10(2)3/h10,12H,5-9H2,1-4H3. The molecule has 0 amide bonds. The van der Waals surface area contributed by atoms with Crippen LogP contribution in [-0.2, 0) is 4.74 Å². The van der Waals surface area contributed by atoms with Gasteiger partial charge in [0.1, 0.15) is 16.8 Å². The third-order valence-corrected chi connectivity index (χ3v) is 4.11. The highest BCUT2D eigenvalue weighted by atomic mass is 35.5. The van der Waals surface area contributed by atoms with Crippen molar-refractivity contribution in [1.82, 2.24) is 9.97 Å². The fourth-order valence-electron chi connectivity index (χ4n) is 2.53. The van der Waals surface area contributed by atoms with Crippen molar-refractivity contribution in [2.24, 2.45) is 0 Å². The lowest BCUT2D eigenvalue weighted by atomic mass is 10.1. The first-order valence-electron chi connectivity index (χ1n) is 7.43. The van der Waals surface area contributed by atoms with Gasteiger partial charge < -0.3 is 9.64 Å². The number of anilines is 1. The van der Waals surface area contributed by atoms with Crippen molar-refractivity contribution in [3.8, 4) is 0 Å². The Morgan fingerprint density at radius 1 is 1.30 bits per heavy atom. The Hall–Kier alpha value is -0.870. The quantitative estimate of drug-likeness (QED) is 0.796. The average Bonchev–Trinajstić information content (AvgIpc) is 2.43. The molecule has 1 aliphatic rings. The van der Waals surface area contributed by atoms with Crippen molar-refractivity contribution in [2.75, 3.05) is 24.6 Å². The summed E-state index contributed by atoms with van der Waals surface area (Å²) >= 11 is 6.26. The zero-order valence-corrected chi connectivity index (χ0v) is 13.6. The van der Waals surface area contributed by atoms with Gasteiger partial charge in [-0.25, -0.2) is 9.97 Å². The summed E-state index contributed by atoms with van der Waals surface area (Å²) in [5.74, 6) is 2.10. The molecule has 1 fully saturated rings. The van der Waals surface area contributed by atoms with Crippen LogP contribution in [0.4, 0.5) is 5.82 Å². The summed E-state index contributed by atoms with van der Waals surface area (Å²) in [6.07, 6.45) is 2.48. The van der Waals surface area contributed by atoms with Crippen LogP contribution >= 0.6 is 11.6 Å². The second-order valence-corrected chi connectivity index (χ2v) is 5.98. The maximum Gasteiger partial charge on any atom is 0.137 e. The molecular formula is C15H24ClN3O. The van der Waals surface area contributed by atoms with E-state index in [4.69, 9.17) is 21.3 Å². The summed E-state index contributed by atoms with van der Waals surface area (Å²) in [5, 5.41) is 0.575. The number of nitrogens with zero attached hydrogens (tertiary/aromatic N) is 3. The molecule has 0 unspecified atom stereocenters. The summed E-state index contributed by atoms with van der Waals surface area (Å²) in [6, 6.07) is 0. The average molecular weight is 298 g/mol. The maximum atomic E-state index is 6.26. The van der Waals surface area contributed by atoms with Crippen LogP contribution in [0.5, 0.6) is 0 Å². The summed E-state index contributed by atoms with van der Waals surface area (Å²) in [6.45, 7) is 11.0. The minimum Gasteiger partial charge on any atom is -0.378 e. The zero-order valence-electron chi connectivity index (χ0n) is 12.8. The van der Waals surface area contributed by atoms with E-state index in [2.05, 4.69) is 30.7 Å². The SMILES string of the molecule is CCOC1CCN(c2nc(C(C)C)nc(Cl)c2C)CC1. The van der Waals surface area contributed by atoms with E-state index < -0.39 is 0 Å². The molecule has 4 nitrogen and oxygen atoms in total. The van der Waals surface area contributed by atoms with Crippen molar-refractivity contribution >= 4 is 17.4 Å². The normalized spacial score (nSPS) is 17.0. The fraction of sp³-hybridized carbons (Fsp3) is 0.733. The third kappa shape index (κ3) is 3.41. The minimum absolute atomic E-state index is 0.285. The molecule has 0 N–H and O–H groups in total. The van der Waals surface area contributed by atoms with Crippen LogP contribution in [-0.4, -0.2) is 35.8 Å². The van der Waals surface area contributed by atoms with E-state index in [-0.39, 0.29) is 5.92 Å². The molecular weight excluding hydrogens is 274 g/mol. The lowest BCUT2D eigenvalue weighted by Crippen LogP contribution is -2.38. The highest BCUT2D eigenvalue weighted by Crippen LogP contribution is 2.28. The number of aromatic nitrogens is 2. The molecule has 0 spiro atoms. The first-order chi connectivity index (χ1) is 9.52. The van der Waals surface area contributed by atoms with Crippen LogP contribution in [0.25, 0.3) is 0 Å². The van der Waals surface area contributed by atoms with E-state index in [1.165, 1.54) is 0 Å². The van der Waals surface area contributed by atoms with Gasteiger partial charge in [0.05, 0.1) is 6.10 Å². The molecule has 2 rings (SSSR count). The Balaban J connectivity index is 2.17. The van der Waals surface area contributed by atoms with E-state index >= 15 is 0 Å². The van der Waals surface area contributed by atoms with Gasteiger partial charge >= 0.3 is 0 Å². The monoisotopic (exact) mass is 297 g/mol. The number of rotatable bonds is 4. The van der Waals surface area contributed by atoms with Gasteiger partial charge in [-0.2, -0.15) is 0 Å². The van der Waals surface area contributed by atoms with Crippen molar-refractivity contribution in [3.05, 3.63) is 16.5 Å². The first-order valence-corrected chi connectivity index (χ1v) is 7.81. The van der Waals surface area contributed by atoms with Gasteiger partial charge in [-0.15, -0.1) is 0 Å². The molecule has 5 heteroatoms. The first kappa shape index (κ1) is 15.5. The summed E-state index contributed by atoms with van der Waals surface area (Å²) < 4.78 is 5.70. The Morgan fingerprint density at radius 3 is 2.50 bits per heavy atom. The molecule has 2 heterocycles. The highest BCUT2D eigenvalue weighted by molar-refractivity contribution is 6.30. The summed E-state index contributed by atoms with van der Waals surface area (Å²) in [5.41, 5.74) is 0.978. The molecule has 0 aromatic carbocycles. The van der Waals surface area contributed by atoms with Crippen LogP contribution < -0.4 is 4.90 Å². The molecule has 0 radical (unpaired) electrons. The Labute approximate surface area is 126 Å². The predicted molar refractivity (Wildman–Crippen MR) is 82.7 cm³/mol. The van der Waals surface area contributed by atoms with Gasteiger partial charge in [0, 0.05) is 31.2 Å². The van der Waals surface area contributed by atoms with Crippen LogP contribution in [0.3, 0.4) is 0 Å². The Morgan fingerprint density at radius 2 is 1.95 bits per heavy atom.